The van der Waals surface area contributed by atoms with Crippen molar-refractivity contribution in [3.05, 3.63) is 0 Å². The highest BCUT2D eigenvalue weighted by Crippen LogP contribution is 2.29. The van der Waals surface area contributed by atoms with E-state index in [1.807, 2.05) is 0 Å². The van der Waals surface area contributed by atoms with E-state index in [2.05, 4.69) is 0 Å². The summed E-state index contributed by atoms with van der Waals surface area (Å²) in [6, 6.07) is 0. The van der Waals surface area contributed by atoms with Crippen LogP contribution in [0.4, 0.5) is 0 Å². The maximum Gasteiger partial charge on any atom is 0.184 e. The minimum Gasteiger partial charge on any atom is -0.394 e. The molecule has 2 saturated heterocycles. The molecule has 2 aliphatic heterocycles. The zero-order valence-electron chi connectivity index (χ0n) is 11.9. The molecule has 0 spiro atoms. The lowest BCUT2D eigenvalue weighted by molar-refractivity contribution is -0.319. The number of aliphatic hydroxyl groups is 9. The summed E-state index contributed by atoms with van der Waals surface area (Å²) in [4.78, 5) is 0. The standard InChI is InChI=1S/C12H22O11/c13-1-2-3(14)4(15)6(17)10(22-2)9(20)11-7(18)5(16)8(19)12(21)23-11/h2-21H,1H2/t2-,3+,4+,5+,6-,7+,8-,9?,10-,11+,12+/m1/s1. The first-order valence-corrected chi connectivity index (χ1v) is 7.07. The summed E-state index contributed by atoms with van der Waals surface area (Å²) in [5.74, 6) is 0. The molecule has 1 unspecified atom stereocenters. The fourth-order valence-corrected chi connectivity index (χ4v) is 2.77. The lowest BCUT2D eigenvalue weighted by atomic mass is 9.87. The fourth-order valence-electron chi connectivity index (χ4n) is 2.77. The van der Waals surface area contributed by atoms with Gasteiger partial charge in [0.15, 0.2) is 6.29 Å². The molecule has 0 bridgehead atoms. The zero-order chi connectivity index (χ0) is 17.5. The van der Waals surface area contributed by atoms with Crippen LogP contribution < -0.4 is 0 Å². The van der Waals surface area contributed by atoms with Crippen LogP contribution in [-0.2, 0) is 9.47 Å². The molecule has 2 aliphatic rings. The molecule has 11 heteroatoms. The van der Waals surface area contributed by atoms with Gasteiger partial charge in [0.25, 0.3) is 0 Å². The van der Waals surface area contributed by atoms with Crippen molar-refractivity contribution < 1.29 is 55.4 Å². The molecule has 2 rings (SSSR count). The number of hydrogen-bond donors (Lipinski definition) is 9. The third-order valence-electron chi connectivity index (χ3n) is 4.23. The second kappa shape index (κ2) is 7.21. The van der Waals surface area contributed by atoms with Crippen LogP contribution in [0.1, 0.15) is 0 Å². The van der Waals surface area contributed by atoms with E-state index >= 15 is 0 Å². The summed E-state index contributed by atoms with van der Waals surface area (Å²) < 4.78 is 9.94. The molecule has 11 atom stereocenters. The SMILES string of the molecule is OC[C@H]1O[C@@H](C(O)[C@H]2O[C@H](O)[C@H](O)[C@@H](O)[C@@H]2O)[C@H](O)[C@@H](O)[C@H]1O. The summed E-state index contributed by atoms with van der Waals surface area (Å²) in [7, 11) is 0. The Hall–Kier alpha value is -0.440. The Morgan fingerprint density at radius 3 is 1.65 bits per heavy atom. The van der Waals surface area contributed by atoms with Gasteiger partial charge in [-0.3, -0.25) is 0 Å². The summed E-state index contributed by atoms with van der Waals surface area (Å²) in [6.45, 7) is -0.716. The molecule has 0 aromatic carbocycles. The maximum absolute atomic E-state index is 10.2. The van der Waals surface area contributed by atoms with Crippen molar-refractivity contribution in [3.63, 3.8) is 0 Å². The van der Waals surface area contributed by atoms with Gasteiger partial charge in [-0.1, -0.05) is 0 Å². The molecule has 2 fully saturated rings. The average molecular weight is 342 g/mol. The number of rotatable bonds is 3. The fraction of sp³-hybridized carbons (Fsp3) is 1.00. The Morgan fingerprint density at radius 1 is 0.652 bits per heavy atom. The van der Waals surface area contributed by atoms with E-state index in [1.54, 1.807) is 0 Å². The van der Waals surface area contributed by atoms with Crippen LogP contribution in [0.5, 0.6) is 0 Å². The summed E-state index contributed by atoms with van der Waals surface area (Å²) in [5, 5.41) is 86.9. The Labute approximate surface area is 130 Å². The highest BCUT2D eigenvalue weighted by atomic mass is 16.6. The van der Waals surface area contributed by atoms with E-state index < -0.39 is 73.9 Å². The highest BCUT2D eigenvalue weighted by molar-refractivity contribution is 5.00. The van der Waals surface area contributed by atoms with Crippen LogP contribution in [0, 0.1) is 0 Å². The van der Waals surface area contributed by atoms with Crippen LogP contribution in [0.25, 0.3) is 0 Å². The molecule has 0 amide bonds. The Morgan fingerprint density at radius 2 is 1.13 bits per heavy atom. The zero-order valence-corrected chi connectivity index (χ0v) is 11.9. The van der Waals surface area contributed by atoms with Gasteiger partial charge in [-0.25, -0.2) is 0 Å². The van der Waals surface area contributed by atoms with Gasteiger partial charge in [-0.15, -0.1) is 0 Å². The minimum atomic E-state index is -1.90. The van der Waals surface area contributed by atoms with Gasteiger partial charge in [0.2, 0.25) is 0 Å². The normalized spacial score (nSPS) is 53.1. The van der Waals surface area contributed by atoms with Crippen molar-refractivity contribution in [3.8, 4) is 0 Å². The van der Waals surface area contributed by atoms with Gasteiger partial charge in [0, 0.05) is 0 Å². The average Bonchev–Trinajstić information content (AvgIpc) is 2.53. The first-order chi connectivity index (χ1) is 10.7. The molecule has 0 saturated carbocycles. The van der Waals surface area contributed by atoms with Crippen molar-refractivity contribution >= 4 is 0 Å². The van der Waals surface area contributed by atoms with Crippen LogP contribution >= 0.6 is 0 Å². The molecule has 136 valence electrons. The van der Waals surface area contributed by atoms with Gasteiger partial charge in [-0.2, -0.15) is 0 Å². The second-order valence-corrected chi connectivity index (χ2v) is 5.75. The molecular weight excluding hydrogens is 320 g/mol. The van der Waals surface area contributed by atoms with Crippen molar-refractivity contribution in [2.45, 2.75) is 67.3 Å². The molecule has 2 heterocycles. The molecule has 9 N–H and O–H groups in total. The molecule has 0 aromatic rings. The topological polar surface area (TPSA) is 201 Å². The van der Waals surface area contributed by atoms with Crippen molar-refractivity contribution in [2.24, 2.45) is 0 Å². The minimum absolute atomic E-state index is 0.716. The van der Waals surface area contributed by atoms with Crippen molar-refractivity contribution in [1.82, 2.24) is 0 Å². The molecule has 0 aliphatic carbocycles. The molecule has 23 heavy (non-hydrogen) atoms. The van der Waals surface area contributed by atoms with Crippen LogP contribution in [0.2, 0.25) is 0 Å². The quantitative estimate of drug-likeness (QED) is 0.236. The van der Waals surface area contributed by atoms with Crippen molar-refractivity contribution in [1.29, 1.82) is 0 Å². The molecular formula is C12H22O11. The van der Waals surface area contributed by atoms with E-state index in [0.29, 0.717) is 0 Å². The smallest absolute Gasteiger partial charge is 0.184 e. The number of hydrogen-bond acceptors (Lipinski definition) is 11. The largest absolute Gasteiger partial charge is 0.394 e. The maximum atomic E-state index is 10.2. The third kappa shape index (κ3) is 3.36. The van der Waals surface area contributed by atoms with Crippen LogP contribution in [0.3, 0.4) is 0 Å². The monoisotopic (exact) mass is 342 g/mol. The highest BCUT2D eigenvalue weighted by Gasteiger charge is 2.53. The first-order valence-electron chi connectivity index (χ1n) is 7.07. The van der Waals surface area contributed by atoms with E-state index in [0.717, 1.165) is 0 Å². The first kappa shape index (κ1) is 18.9. The van der Waals surface area contributed by atoms with Gasteiger partial charge in [0.05, 0.1) is 6.61 Å². The van der Waals surface area contributed by atoms with Gasteiger partial charge in [0.1, 0.15) is 61.0 Å². The van der Waals surface area contributed by atoms with Crippen molar-refractivity contribution in [2.75, 3.05) is 6.61 Å². The molecule has 0 radical (unpaired) electrons. The Bertz CT molecular complexity index is 393. The summed E-state index contributed by atoms with van der Waals surface area (Å²) in [5.41, 5.74) is 0. The van der Waals surface area contributed by atoms with E-state index in [9.17, 15) is 40.9 Å². The number of ether oxygens (including phenoxy) is 2. The van der Waals surface area contributed by atoms with E-state index in [-0.39, 0.29) is 0 Å². The lowest BCUT2D eigenvalue weighted by Crippen LogP contribution is -2.67. The number of aliphatic hydroxyl groups excluding tert-OH is 9. The molecule has 11 nitrogen and oxygen atoms in total. The van der Waals surface area contributed by atoms with E-state index in [1.165, 1.54) is 0 Å². The van der Waals surface area contributed by atoms with Crippen LogP contribution in [0.15, 0.2) is 0 Å². The summed E-state index contributed by atoms with van der Waals surface area (Å²) >= 11 is 0. The van der Waals surface area contributed by atoms with E-state index in [4.69, 9.17) is 14.6 Å². The predicted molar refractivity (Wildman–Crippen MR) is 68.7 cm³/mol. The Balaban J connectivity index is 2.16. The van der Waals surface area contributed by atoms with Gasteiger partial charge < -0.3 is 55.4 Å². The molecule has 0 aromatic heterocycles. The Kier molecular flexibility index (Phi) is 5.92. The van der Waals surface area contributed by atoms with Gasteiger partial charge >= 0.3 is 0 Å². The summed E-state index contributed by atoms with van der Waals surface area (Å²) in [6.07, 6.45) is -18.9. The van der Waals surface area contributed by atoms with Crippen LogP contribution in [-0.4, -0.2) is 120 Å². The third-order valence-corrected chi connectivity index (χ3v) is 4.23. The lowest BCUT2D eigenvalue weighted by Gasteiger charge is -2.46. The predicted octanol–water partition coefficient (Wildman–Crippen LogP) is -6.01. The van der Waals surface area contributed by atoms with Gasteiger partial charge in [-0.05, 0) is 0 Å². The second-order valence-electron chi connectivity index (χ2n) is 5.75.